The molecule has 0 saturated heterocycles. The Kier molecular flexibility index (Phi) is 22.1. The highest BCUT2D eigenvalue weighted by Gasteiger charge is 2.36. The van der Waals surface area contributed by atoms with E-state index >= 15 is 0 Å². The number of carbonyl (C=O) groups excluding carboxylic acids is 3. The summed E-state index contributed by atoms with van der Waals surface area (Å²) in [5.41, 5.74) is 0.319. The monoisotopic (exact) mass is 552 g/mol. The lowest BCUT2D eigenvalue weighted by Gasteiger charge is -2.24. The first-order valence-electron chi connectivity index (χ1n) is 12.3. The van der Waals surface area contributed by atoms with Crippen molar-refractivity contribution >= 4 is 26.7 Å². The van der Waals surface area contributed by atoms with Crippen LogP contribution in [0, 0.1) is 0 Å². The van der Waals surface area contributed by atoms with Gasteiger partial charge in [-0.1, -0.05) is 6.58 Å². The molecule has 0 aromatic carbocycles. The van der Waals surface area contributed by atoms with Gasteiger partial charge in [-0.05, 0) is 26.2 Å². The Balaban J connectivity index is 3.42. The van der Waals surface area contributed by atoms with Gasteiger partial charge in [-0.2, -0.15) is 0 Å². The summed E-state index contributed by atoms with van der Waals surface area (Å²) in [6, 6.07) is 0.642. The van der Waals surface area contributed by atoms with Crippen molar-refractivity contribution in [2.75, 3.05) is 80.8 Å². The molecule has 0 aliphatic rings. The van der Waals surface area contributed by atoms with Gasteiger partial charge in [0.1, 0.15) is 13.2 Å². The molecule has 0 N–H and O–H groups in total. The molecular weight excluding hydrogens is 508 g/mol. The molecule has 13 heteroatoms. The van der Waals surface area contributed by atoms with Crippen molar-refractivity contribution in [1.82, 2.24) is 0 Å². The highest BCUT2D eigenvalue weighted by molar-refractivity contribution is 6.60. The van der Waals surface area contributed by atoms with E-state index in [2.05, 4.69) is 6.58 Å². The minimum Gasteiger partial charge on any atom is -0.463 e. The van der Waals surface area contributed by atoms with Gasteiger partial charge in [0.25, 0.3) is 0 Å². The van der Waals surface area contributed by atoms with Crippen LogP contribution in [-0.2, 0) is 56.1 Å². The van der Waals surface area contributed by atoms with Gasteiger partial charge >= 0.3 is 26.7 Å². The Morgan fingerprint density at radius 3 is 1.46 bits per heavy atom. The number of rotatable bonds is 25. The third-order valence-electron chi connectivity index (χ3n) is 4.88. The Morgan fingerprint density at radius 1 is 0.595 bits per heavy atom. The van der Waals surface area contributed by atoms with Crippen LogP contribution in [0.5, 0.6) is 0 Å². The molecule has 0 fully saturated rings. The Labute approximate surface area is 221 Å². The van der Waals surface area contributed by atoms with Crippen molar-refractivity contribution < 1.29 is 56.1 Å². The smallest absolute Gasteiger partial charge is 0.463 e. The highest BCUT2D eigenvalue weighted by Crippen LogP contribution is 2.17. The Morgan fingerprint density at radius 2 is 1.03 bits per heavy atom. The van der Waals surface area contributed by atoms with E-state index in [0.29, 0.717) is 63.9 Å². The fraction of sp³-hybridized carbons (Fsp3) is 0.792. The molecule has 0 aromatic rings. The SMILES string of the molecule is C=C(C)C(=O)OCCCC(=O)OCCOCCOCCOCCOC(=O)CCCC[Si](OC)(OC)OC. The third-order valence-corrected chi connectivity index (χ3v) is 7.71. The van der Waals surface area contributed by atoms with Crippen LogP contribution in [0.4, 0.5) is 0 Å². The predicted octanol–water partition coefficient (Wildman–Crippen LogP) is 2.07. The van der Waals surface area contributed by atoms with Gasteiger partial charge in [0.15, 0.2) is 0 Å². The van der Waals surface area contributed by atoms with Gasteiger partial charge in [0, 0.05) is 45.8 Å². The molecule has 0 amide bonds. The van der Waals surface area contributed by atoms with E-state index in [-0.39, 0.29) is 44.8 Å². The summed E-state index contributed by atoms with van der Waals surface area (Å²) in [6.07, 6.45) is 2.27. The lowest BCUT2D eigenvalue weighted by molar-refractivity contribution is -0.147. The van der Waals surface area contributed by atoms with Gasteiger partial charge in [0.2, 0.25) is 0 Å². The first-order chi connectivity index (χ1) is 17.8. The number of ether oxygens (including phenoxy) is 6. The molecule has 0 bridgehead atoms. The zero-order valence-electron chi connectivity index (χ0n) is 22.7. The molecule has 0 rings (SSSR count). The molecule has 0 radical (unpaired) electrons. The molecule has 0 aliphatic carbocycles. The minimum atomic E-state index is -2.59. The lowest BCUT2D eigenvalue weighted by Crippen LogP contribution is -2.42. The fourth-order valence-electron chi connectivity index (χ4n) is 2.79. The molecule has 12 nitrogen and oxygen atoms in total. The highest BCUT2D eigenvalue weighted by atomic mass is 28.4. The van der Waals surface area contributed by atoms with Crippen LogP contribution >= 0.6 is 0 Å². The number of carbonyl (C=O) groups is 3. The molecular formula is C24H44O12Si. The molecule has 0 heterocycles. The standard InChI is InChI=1S/C24H44O12Si/c1-21(2)24(27)36-11-8-10-23(26)35-19-17-33-15-13-31-12-14-32-16-18-34-22(25)9-6-7-20-37(28-3,29-4)30-5/h1,6-20H2,2-5H3. The van der Waals surface area contributed by atoms with Gasteiger partial charge in [-0.25, -0.2) is 4.79 Å². The molecule has 37 heavy (non-hydrogen) atoms. The molecule has 0 aromatic heterocycles. The maximum atomic E-state index is 11.8. The Bertz CT molecular complexity index is 631. The summed E-state index contributed by atoms with van der Waals surface area (Å²) in [6.45, 7) is 7.54. The first kappa shape index (κ1) is 35.1. The van der Waals surface area contributed by atoms with E-state index < -0.39 is 14.8 Å². The first-order valence-corrected chi connectivity index (χ1v) is 14.3. The zero-order chi connectivity index (χ0) is 27.8. The predicted molar refractivity (Wildman–Crippen MR) is 135 cm³/mol. The van der Waals surface area contributed by atoms with E-state index in [1.165, 1.54) is 0 Å². The van der Waals surface area contributed by atoms with Gasteiger partial charge in [-0.3, -0.25) is 9.59 Å². The molecule has 0 saturated carbocycles. The van der Waals surface area contributed by atoms with E-state index in [4.69, 9.17) is 41.7 Å². The van der Waals surface area contributed by atoms with E-state index in [0.717, 1.165) is 6.42 Å². The third kappa shape index (κ3) is 19.8. The molecule has 0 aliphatic heterocycles. The number of hydrogen-bond acceptors (Lipinski definition) is 12. The maximum Gasteiger partial charge on any atom is 0.500 e. The summed E-state index contributed by atoms with van der Waals surface area (Å²) in [7, 11) is 2.10. The van der Waals surface area contributed by atoms with Gasteiger partial charge in [-0.15, -0.1) is 0 Å². The normalized spacial score (nSPS) is 11.2. The van der Waals surface area contributed by atoms with Crippen LogP contribution in [0.3, 0.4) is 0 Å². The van der Waals surface area contributed by atoms with Crippen LogP contribution < -0.4 is 0 Å². The van der Waals surface area contributed by atoms with Crippen molar-refractivity contribution in [2.45, 2.75) is 45.1 Å². The summed E-state index contributed by atoms with van der Waals surface area (Å²) in [5, 5.41) is 0. The van der Waals surface area contributed by atoms with Crippen LogP contribution in [0.2, 0.25) is 6.04 Å². The van der Waals surface area contributed by atoms with Crippen molar-refractivity contribution in [3.63, 3.8) is 0 Å². The van der Waals surface area contributed by atoms with E-state index in [1.807, 2.05) is 0 Å². The van der Waals surface area contributed by atoms with Crippen molar-refractivity contribution in [2.24, 2.45) is 0 Å². The largest absolute Gasteiger partial charge is 0.500 e. The molecule has 0 spiro atoms. The topological polar surface area (TPSA) is 134 Å². The second kappa shape index (κ2) is 23.3. The van der Waals surface area contributed by atoms with Crippen LogP contribution in [0.1, 0.15) is 39.0 Å². The molecule has 216 valence electrons. The summed E-state index contributed by atoms with van der Waals surface area (Å²) < 4.78 is 47.1. The quantitative estimate of drug-likeness (QED) is 0.0539. The van der Waals surface area contributed by atoms with E-state index in [1.54, 1.807) is 28.3 Å². The van der Waals surface area contributed by atoms with Crippen molar-refractivity contribution in [3.8, 4) is 0 Å². The van der Waals surface area contributed by atoms with Gasteiger partial charge in [0.05, 0.1) is 46.2 Å². The van der Waals surface area contributed by atoms with Crippen molar-refractivity contribution in [1.29, 1.82) is 0 Å². The van der Waals surface area contributed by atoms with Crippen LogP contribution in [0.15, 0.2) is 12.2 Å². The van der Waals surface area contributed by atoms with E-state index in [9.17, 15) is 14.4 Å². The summed E-state index contributed by atoms with van der Waals surface area (Å²) >= 11 is 0. The number of unbranched alkanes of at least 4 members (excludes halogenated alkanes) is 1. The van der Waals surface area contributed by atoms with Crippen LogP contribution in [0.25, 0.3) is 0 Å². The average Bonchev–Trinajstić information content (AvgIpc) is 2.89. The summed E-state index contributed by atoms with van der Waals surface area (Å²) in [5.74, 6) is -1.12. The molecule has 0 unspecified atom stereocenters. The lowest BCUT2D eigenvalue weighted by atomic mass is 10.2. The zero-order valence-corrected chi connectivity index (χ0v) is 23.7. The number of hydrogen-bond donors (Lipinski definition) is 0. The second-order valence-corrected chi connectivity index (χ2v) is 10.9. The molecule has 0 atom stereocenters. The maximum absolute atomic E-state index is 11.8. The van der Waals surface area contributed by atoms with Gasteiger partial charge < -0.3 is 41.7 Å². The average molecular weight is 553 g/mol. The second-order valence-electron chi connectivity index (χ2n) is 7.80. The summed E-state index contributed by atoms with van der Waals surface area (Å²) in [4.78, 5) is 34.5. The van der Waals surface area contributed by atoms with Crippen molar-refractivity contribution in [3.05, 3.63) is 12.2 Å². The van der Waals surface area contributed by atoms with Crippen LogP contribution in [-0.4, -0.2) is 108 Å². The fourth-order valence-corrected chi connectivity index (χ4v) is 4.58. The minimum absolute atomic E-state index is 0.141. The Hall–Kier alpha value is -1.87. The number of esters is 3.